The topological polar surface area (TPSA) is 128 Å². The monoisotopic (exact) mass is 1610 g/mol. The third-order valence-corrected chi connectivity index (χ3v) is 23.6. The summed E-state index contributed by atoms with van der Waals surface area (Å²) in [7, 11) is 0. The second-order valence-electron chi connectivity index (χ2n) is 31.4. The summed E-state index contributed by atoms with van der Waals surface area (Å²) in [5, 5.41) is 0. The van der Waals surface area contributed by atoms with E-state index in [1.165, 1.54) is 0 Å². The number of aromatic nitrogens is 6. The molecule has 0 amide bonds. The van der Waals surface area contributed by atoms with Gasteiger partial charge in [-0.2, -0.15) is 0 Å². The molecule has 12 heteroatoms. The van der Waals surface area contributed by atoms with Crippen LogP contribution in [-0.4, -0.2) is 62.9 Å². The van der Waals surface area contributed by atoms with Crippen LogP contribution in [0.15, 0.2) is 503 Å². The lowest BCUT2D eigenvalue weighted by atomic mass is 9.90. The Hall–Kier alpha value is -16.8. The first-order valence-electron chi connectivity index (χ1n) is 42.4. The number of hydrogen-bond donors (Lipinski definition) is 0. The first-order chi connectivity index (χ1) is 62.4. The van der Waals surface area contributed by atoms with Gasteiger partial charge in [-0.05, 0) is 18.2 Å². The fourth-order valence-corrected chi connectivity index (χ4v) is 17.9. The van der Waals surface area contributed by atoms with E-state index in [0.29, 0.717) is 68.4 Å². The maximum Gasteiger partial charge on any atom is 0.261 e. The molecule has 3 atom stereocenters. The first-order valence-corrected chi connectivity index (χ1v) is 42.4. The molecule has 3 unspecified atom stereocenters. The quantitative estimate of drug-likeness (QED) is 0.0711. The summed E-state index contributed by atoms with van der Waals surface area (Å²) in [4.78, 5) is 56.3. The predicted molar refractivity (Wildman–Crippen MR) is 511 cm³/mol. The van der Waals surface area contributed by atoms with Gasteiger partial charge in [-0.1, -0.05) is 455 Å². The van der Waals surface area contributed by atoms with E-state index in [-0.39, 0.29) is 0 Å². The van der Waals surface area contributed by atoms with Crippen LogP contribution in [0.3, 0.4) is 0 Å². The zero-order valence-electron chi connectivity index (χ0n) is 68.4. The Morgan fingerprint density at radius 1 is 0.143 bits per heavy atom. The standard InChI is InChI=1S/C114H78N12/c1-16-46-79(47-17-1)97-100(121-112(118-97,94-70-40-13-41-71-94)124-106(85-58-28-7-29-59-85)103(82-52-22-4-23-53-82)115-109(124)88-64-34-10-35-65-88)91-76-92(101-98(80-48-18-2-19-49-80)119-113(122-101,95-72-42-14-43-73-95)125-107(86-60-30-8-31-61-86)104(83-54-24-5-25-55-83)116-110(125)89-66-36-11-37-67-89)78-93(77-91)102-99(81-50-20-3-21-51-81)120-114(123-102,96-74-44-15-45-75-96)126-108(87-62-32-9-33-63-87)105(84-56-26-6-27-57-84)117-111(126)90-68-38-12-39-69-90/h1-78H. The maximum atomic E-state index is 6.52. The second kappa shape index (κ2) is 32.3. The minimum absolute atomic E-state index is 0.582. The van der Waals surface area contributed by atoms with Crippen molar-refractivity contribution >= 4 is 34.3 Å². The van der Waals surface area contributed by atoms with E-state index in [1.807, 2.05) is 36.4 Å². The molecule has 0 aliphatic carbocycles. The van der Waals surface area contributed by atoms with Gasteiger partial charge in [0.1, 0.15) is 17.5 Å². The lowest BCUT2D eigenvalue weighted by molar-refractivity contribution is 0.409. The van der Waals surface area contributed by atoms with Crippen LogP contribution in [0.1, 0.15) is 50.1 Å². The van der Waals surface area contributed by atoms with Gasteiger partial charge < -0.3 is 0 Å². The van der Waals surface area contributed by atoms with Crippen molar-refractivity contribution in [3.05, 3.63) is 523 Å². The zero-order chi connectivity index (χ0) is 83.8. The highest BCUT2D eigenvalue weighted by molar-refractivity contribution is 6.58. The summed E-state index contributed by atoms with van der Waals surface area (Å²) in [6.07, 6.45) is 0. The molecule has 3 aliphatic rings. The van der Waals surface area contributed by atoms with Gasteiger partial charge in [-0.15, -0.1) is 0 Å². The molecular weight excluding hydrogens is 1540 g/mol. The van der Waals surface area contributed by atoms with E-state index >= 15 is 0 Å². The zero-order valence-corrected chi connectivity index (χ0v) is 68.4. The number of hydrogen-bond acceptors (Lipinski definition) is 9. The van der Waals surface area contributed by atoms with Crippen LogP contribution in [0.5, 0.6) is 0 Å². The highest BCUT2D eigenvalue weighted by Gasteiger charge is 2.50. The highest BCUT2D eigenvalue weighted by Crippen LogP contribution is 2.52. The summed E-state index contributed by atoms with van der Waals surface area (Å²) >= 11 is 0. The molecule has 0 saturated heterocycles. The molecule has 22 rings (SSSR count). The van der Waals surface area contributed by atoms with Gasteiger partial charge in [0.2, 0.25) is 0 Å². The van der Waals surface area contributed by atoms with Crippen LogP contribution < -0.4 is 0 Å². The third-order valence-electron chi connectivity index (χ3n) is 23.6. The molecule has 16 aromatic carbocycles. The van der Waals surface area contributed by atoms with E-state index in [9.17, 15) is 0 Å². The van der Waals surface area contributed by atoms with Crippen molar-refractivity contribution in [3.8, 4) is 102 Å². The molecule has 3 aromatic heterocycles. The maximum absolute atomic E-state index is 6.52. The molecule has 0 bridgehead atoms. The van der Waals surface area contributed by atoms with E-state index in [2.05, 4.69) is 450 Å². The minimum atomic E-state index is -1.64. The summed E-state index contributed by atoms with van der Waals surface area (Å²) < 4.78 is 6.86. The van der Waals surface area contributed by atoms with Crippen LogP contribution in [0.4, 0.5) is 0 Å². The second-order valence-corrected chi connectivity index (χ2v) is 31.4. The van der Waals surface area contributed by atoms with E-state index in [1.54, 1.807) is 0 Å². The molecule has 0 radical (unpaired) electrons. The summed E-state index contributed by atoms with van der Waals surface area (Å²) in [5.41, 5.74) is 23.5. The number of imidazole rings is 3. The Morgan fingerprint density at radius 3 is 0.484 bits per heavy atom. The molecule has 3 aliphatic heterocycles. The van der Waals surface area contributed by atoms with Crippen molar-refractivity contribution in [3.63, 3.8) is 0 Å². The van der Waals surface area contributed by atoms with Gasteiger partial charge in [0, 0.05) is 100 Å². The van der Waals surface area contributed by atoms with Crippen LogP contribution in [0, 0.1) is 0 Å². The van der Waals surface area contributed by atoms with Crippen molar-refractivity contribution in [2.75, 3.05) is 0 Å². The van der Waals surface area contributed by atoms with Crippen molar-refractivity contribution in [2.45, 2.75) is 17.4 Å². The Labute approximate surface area is 730 Å². The fourth-order valence-electron chi connectivity index (χ4n) is 17.9. The molecule has 0 saturated carbocycles. The molecule has 594 valence electrons. The number of aliphatic imine (C=N–C) groups is 6. The average molecular weight is 1620 g/mol. The molecule has 0 N–H and O–H groups in total. The predicted octanol–water partition coefficient (Wildman–Crippen LogP) is 25.2. The normalized spacial score (nSPS) is 16.5. The highest BCUT2D eigenvalue weighted by atomic mass is 15.4. The van der Waals surface area contributed by atoms with E-state index in [4.69, 9.17) is 44.9 Å². The van der Waals surface area contributed by atoms with Crippen LogP contribution in [0.2, 0.25) is 0 Å². The molecular formula is C114H78N12. The summed E-state index contributed by atoms with van der Waals surface area (Å²) in [6.45, 7) is 0. The Kier molecular flexibility index (Phi) is 19.3. The first kappa shape index (κ1) is 75.4. The molecule has 12 nitrogen and oxygen atoms in total. The number of benzene rings is 16. The molecule has 0 fully saturated rings. The molecule has 0 spiro atoms. The van der Waals surface area contributed by atoms with Gasteiger partial charge in [-0.3, -0.25) is 13.7 Å². The van der Waals surface area contributed by atoms with Crippen LogP contribution in [0.25, 0.3) is 102 Å². The smallest absolute Gasteiger partial charge is 0.261 e. The van der Waals surface area contributed by atoms with Gasteiger partial charge >= 0.3 is 0 Å². The van der Waals surface area contributed by atoms with Gasteiger partial charge in [0.15, 0.2) is 0 Å². The fraction of sp³-hybridized carbons (Fsp3) is 0.0263. The van der Waals surface area contributed by atoms with Crippen molar-refractivity contribution in [1.82, 2.24) is 28.7 Å². The minimum Gasteiger partial charge on any atom is -0.275 e. The molecule has 6 heterocycles. The van der Waals surface area contributed by atoms with Crippen molar-refractivity contribution < 1.29 is 0 Å². The van der Waals surface area contributed by atoms with Crippen LogP contribution in [-0.2, 0) is 17.4 Å². The molecule has 19 aromatic rings. The lowest BCUT2D eigenvalue weighted by Gasteiger charge is -2.30. The third kappa shape index (κ3) is 13.3. The Bertz CT molecular complexity index is 6680. The van der Waals surface area contributed by atoms with E-state index in [0.717, 1.165) is 118 Å². The van der Waals surface area contributed by atoms with Gasteiger partial charge in [-0.25, -0.2) is 44.9 Å². The average Bonchev–Trinajstić information content (AvgIpc) is 1.54. The largest absolute Gasteiger partial charge is 0.275 e. The Morgan fingerprint density at radius 2 is 0.294 bits per heavy atom. The van der Waals surface area contributed by atoms with E-state index < -0.39 is 17.4 Å². The van der Waals surface area contributed by atoms with Crippen LogP contribution >= 0.6 is 0 Å². The SMILES string of the molecule is c1ccc(C2=NC(c3ccccc3)(n3c(-c4ccccc4)nc(-c4ccccc4)c3-c3ccccc3)N=C2c2cc(C3=NC(c4ccccc4)(n4c(-c5ccccc5)nc(-c5ccccc5)c4-c4ccccc4)N=C3c3ccccc3)cc(C3=NC(c4ccccc4)(n4c(-c5ccccc5)nc(-c5ccccc5)c4-c4ccccc4)N=C3c3ccccc3)c2)cc1. The Balaban J connectivity index is 0.909. The van der Waals surface area contributed by atoms with Crippen molar-refractivity contribution in [2.24, 2.45) is 30.0 Å². The summed E-state index contributed by atoms with van der Waals surface area (Å²) in [5.74, 6) is -2.93. The van der Waals surface area contributed by atoms with Gasteiger partial charge in [0.25, 0.3) is 17.4 Å². The lowest BCUT2D eigenvalue weighted by Crippen LogP contribution is -2.31. The van der Waals surface area contributed by atoms with Gasteiger partial charge in [0.05, 0.1) is 68.4 Å². The number of nitrogens with zero attached hydrogens (tertiary/aromatic N) is 12. The number of rotatable bonds is 21. The van der Waals surface area contributed by atoms with Crippen molar-refractivity contribution in [1.29, 1.82) is 0 Å². The summed E-state index contributed by atoms with van der Waals surface area (Å²) in [6, 6.07) is 164. The molecule has 126 heavy (non-hydrogen) atoms.